The Morgan fingerprint density at radius 1 is 1.10 bits per heavy atom. The van der Waals surface area contributed by atoms with Gasteiger partial charge in [-0.3, -0.25) is 4.98 Å². The normalized spacial score (nSPS) is 13.6. The molecule has 21 heavy (non-hydrogen) atoms. The van der Waals surface area contributed by atoms with Gasteiger partial charge in [-0.05, 0) is 44.7 Å². The third-order valence-corrected chi connectivity index (χ3v) is 3.85. The topological polar surface area (TPSA) is 77.8 Å². The second kappa shape index (κ2) is 4.51. The van der Waals surface area contributed by atoms with Crippen LogP contribution in [0.5, 0.6) is 0 Å². The van der Waals surface area contributed by atoms with E-state index in [1.165, 1.54) is 17.7 Å². The first-order valence-electron chi connectivity index (χ1n) is 6.97. The maximum absolute atomic E-state index is 5.37. The van der Waals surface area contributed by atoms with Crippen molar-refractivity contribution in [3.8, 4) is 22.8 Å². The van der Waals surface area contributed by atoms with Crippen LogP contribution in [-0.4, -0.2) is 20.3 Å². The van der Waals surface area contributed by atoms with E-state index in [0.29, 0.717) is 17.5 Å². The van der Waals surface area contributed by atoms with E-state index < -0.39 is 0 Å². The lowest BCUT2D eigenvalue weighted by Crippen LogP contribution is -1.90. The minimum atomic E-state index is 0.479. The first-order valence-corrected chi connectivity index (χ1v) is 6.97. The molecule has 0 aliphatic heterocycles. The molecule has 0 bridgehead atoms. The van der Waals surface area contributed by atoms with Crippen LogP contribution in [0.25, 0.3) is 22.8 Å². The van der Waals surface area contributed by atoms with Crippen LogP contribution < -0.4 is 0 Å². The van der Waals surface area contributed by atoms with Crippen LogP contribution in [0.15, 0.2) is 21.3 Å². The van der Waals surface area contributed by atoms with Gasteiger partial charge in [0, 0.05) is 11.9 Å². The maximum Gasteiger partial charge on any atom is 0.259 e. The van der Waals surface area contributed by atoms with Gasteiger partial charge in [-0.2, -0.15) is 4.98 Å². The van der Waals surface area contributed by atoms with Gasteiger partial charge in [0.25, 0.3) is 5.89 Å². The molecule has 0 unspecified atom stereocenters. The highest BCUT2D eigenvalue weighted by atomic mass is 16.5. The summed E-state index contributed by atoms with van der Waals surface area (Å²) in [5.74, 6) is 1.67. The standard InChI is InChI=1S/C15H14N4O2/c1-8-13(9(2)20-18-8)14-17-15(21-19-14)11-6-10-4-3-5-12(10)16-7-11/h6-7H,3-5H2,1-2H3. The second-order valence-electron chi connectivity index (χ2n) is 5.31. The molecule has 0 radical (unpaired) electrons. The van der Waals surface area contributed by atoms with E-state index >= 15 is 0 Å². The Labute approximate surface area is 121 Å². The van der Waals surface area contributed by atoms with Gasteiger partial charge in [0.15, 0.2) is 0 Å². The summed E-state index contributed by atoms with van der Waals surface area (Å²) in [6.07, 6.45) is 5.10. The molecule has 0 atom stereocenters. The summed E-state index contributed by atoms with van der Waals surface area (Å²) in [5.41, 5.74) is 4.88. The van der Waals surface area contributed by atoms with Gasteiger partial charge in [-0.1, -0.05) is 10.3 Å². The van der Waals surface area contributed by atoms with E-state index in [1.807, 2.05) is 13.8 Å². The lowest BCUT2D eigenvalue weighted by Gasteiger charge is -1.99. The van der Waals surface area contributed by atoms with Crippen LogP contribution in [0.4, 0.5) is 0 Å². The lowest BCUT2D eigenvalue weighted by molar-refractivity contribution is 0.393. The fraction of sp³-hybridized carbons (Fsp3) is 0.333. The van der Waals surface area contributed by atoms with Crippen molar-refractivity contribution in [3.63, 3.8) is 0 Å². The Balaban J connectivity index is 1.75. The zero-order valence-corrected chi connectivity index (χ0v) is 11.9. The lowest BCUT2D eigenvalue weighted by atomic mass is 10.1. The van der Waals surface area contributed by atoms with Crippen molar-refractivity contribution in [1.82, 2.24) is 20.3 Å². The smallest absolute Gasteiger partial charge is 0.259 e. The maximum atomic E-state index is 5.37. The second-order valence-corrected chi connectivity index (χ2v) is 5.31. The summed E-state index contributed by atoms with van der Waals surface area (Å²) < 4.78 is 10.5. The van der Waals surface area contributed by atoms with E-state index in [-0.39, 0.29) is 0 Å². The van der Waals surface area contributed by atoms with Crippen molar-refractivity contribution in [3.05, 3.63) is 35.0 Å². The van der Waals surface area contributed by atoms with Crippen LogP contribution in [0.3, 0.4) is 0 Å². The largest absolute Gasteiger partial charge is 0.361 e. The van der Waals surface area contributed by atoms with Crippen molar-refractivity contribution >= 4 is 0 Å². The quantitative estimate of drug-likeness (QED) is 0.719. The average Bonchev–Trinajstić information content (AvgIpc) is 3.18. The monoisotopic (exact) mass is 282 g/mol. The molecule has 0 saturated carbocycles. The predicted molar refractivity (Wildman–Crippen MR) is 74.5 cm³/mol. The number of pyridine rings is 1. The van der Waals surface area contributed by atoms with Crippen LogP contribution in [-0.2, 0) is 12.8 Å². The van der Waals surface area contributed by atoms with Gasteiger partial charge >= 0.3 is 0 Å². The summed E-state index contributed by atoms with van der Waals surface area (Å²) in [5, 5.41) is 7.95. The van der Waals surface area contributed by atoms with Crippen molar-refractivity contribution in [2.75, 3.05) is 0 Å². The zero-order chi connectivity index (χ0) is 14.4. The fourth-order valence-electron chi connectivity index (χ4n) is 2.79. The molecule has 0 fully saturated rings. The Kier molecular flexibility index (Phi) is 2.63. The summed E-state index contributed by atoms with van der Waals surface area (Å²) in [6, 6.07) is 2.10. The van der Waals surface area contributed by atoms with E-state index in [2.05, 4.69) is 26.3 Å². The highest BCUT2D eigenvalue weighted by molar-refractivity contribution is 5.63. The number of hydrogen-bond acceptors (Lipinski definition) is 6. The fourth-order valence-corrected chi connectivity index (χ4v) is 2.79. The third kappa shape index (κ3) is 1.94. The van der Waals surface area contributed by atoms with Crippen LogP contribution in [0, 0.1) is 13.8 Å². The minimum absolute atomic E-state index is 0.479. The van der Waals surface area contributed by atoms with E-state index in [4.69, 9.17) is 9.05 Å². The molecule has 6 nitrogen and oxygen atoms in total. The summed E-state index contributed by atoms with van der Waals surface area (Å²) in [4.78, 5) is 8.94. The number of fused-ring (bicyclic) bond motifs is 1. The van der Waals surface area contributed by atoms with Crippen molar-refractivity contribution in [2.45, 2.75) is 33.1 Å². The van der Waals surface area contributed by atoms with Crippen LogP contribution in [0.1, 0.15) is 29.1 Å². The molecule has 0 amide bonds. The number of nitrogens with zero attached hydrogens (tertiary/aromatic N) is 4. The Morgan fingerprint density at radius 3 is 2.81 bits per heavy atom. The van der Waals surface area contributed by atoms with Gasteiger partial charge in [-0.15, -0.1) is 0 Å². The van der Waals surface area contributed by atoms with Gasteiger partial charge in [-0.25, -0.2) is 0 Å². The molecule has 1 aliphatic rings. The SMILES string of the molecule is Cc1noc(C)c1-c1noc(-c2cnc3c(c2)CCC3)n1. The number of aromatic nitrogens is 4. The van der Waals surface area contributed by atoms with Crippen molar-refractivity contribution in [2.24, 2.45) is 0 Å². The molecular formula is C15H14N4O2. The van der Waals surface area contributed by atoms with Gasteiger partial charge < -0.3 is 9.05 Å². The van der Waals surface area contributed by atoms with E-state index in [1.54, 1.807) is 6.20 Å². The van der Waals surface area contributed by atoms with Gasteiger partial charge in [0.05, 0.1) is 16.8 Å². The summed E-state index contributed by atoms with van der Waals surface area (Å²) >= 11 is 0. The molecule has 3 aromatic heterocycles. The van der Waals surface area contributed by atoms with Crippen molar-refractivity contribution in [1.29, 1.82) is 0 Å². The first-order chi connectivity index (χ1) is 10.2. The molecule has 6 heteroatoms. The van der Waals surface area contributed by atoms with Gasteiger partial charge in [0.1, 0.15) is 5.76 Å². The minimum Gasteiger partial charge on any atom is -0.361 e. The molecule has 0 spiro atoms. The Morgan fingerprint density at radius 2 is 2.00 bits per heavy atom. The van der Waals surface area contributed by atoms with E-state index in [0.717, 1.165) is 29.7 Å². The Bertz CT molecular complexity index is 799. The predicted octanol–water partition coefficient (Wildman–Crippen LogP) is 2.89. The molecule has 0 aromatic carbocycles. The molecule has 1 aliphatic carbocycles. The highest BCUT2D eigenvalue weighted by Gasteiger charge is 2.20. The summed E-state index contributed by atoms with van der Waals surface area (Å²) in [7, 11) is 0. The number of hydrogen-bond donors (Lipinski definition) is 0. The molecule has 3 heterocycles. The molecular weight excluding hydrogens is 268 g/mol. The van der Waals surface area contributed by atoms with E-state index in [9.17, 15) is 0 Å². The number of aryl methyl sites for hydroxylation is 4. The first kappa shape index (κ1) is 12.3. The summed E-state index contributed by atoms with van der Waals surface area (Å²) in [6.45, 7) is 3.70. The van der Waals surface area contributed by atoms with Crippen molar-refractivity contribution < 1.29 is 9.05 Å². The molecule has 0 N–H and O–H groups in total. The van der Waals surface area contributed by atoms with Crippen LogP contribution in [0.2, 0.25) is 0 Å². The third-order valence-electron chi connectivity index (χ3n) is 3.85. The molecule has 106 valence electrons. The highest BCUT2D eigenvalue weighted by Crippen LogP contribution is 2.29. The average molecular weight is 282 g/mol. The van der Waals surface area contributed by atoms with Crippen LogP contribution >= 0.6 is 0 Å². The zero-order valence-electron chi connectivity index (χ0n) is 11.9. The molecule has 4 rings (SSSR count). The molecule has 3 aromatic rings. The van der Waals surface area contributed by atoms with Gasteiger partial charge in [0.2, 0.25) is 5.82 Å². The number of rotatable bonds is 2. The Hall–Kier alpha value is -2.50. The molecule has 0 saturated heterocycles.